The first-order valence-electron chi connectivity index (χ1n) is 7.84. The lowest BCUT2D eigenvalue weighted by molar-refractivity contribution is -0.872. The summed E-state index contributed by atoms with van der Waals surface area (Å²) in [6, 6.07) is 10.6. The number of aliphatic hydroxyl groups excluding tert-OH is 1. The second kappa shape index (κ2) is 6.55. The molecule has 0 spiro atoms. The standard InChI is InChI=1S/C19H21NO4/c1-20(2)10-14-16(21)8-9-17-18(14)15(11-24-17)19(22)12-4-6-13(23-3)7-5-12/h4-9,11,19,21-22H,10H2,1-3H3/p+1/t19-/m0/s1. The Balaban J connectivity index is 2.09. The Morgan fingerprint density at radius 1 is 1.12 bits per heavy atom. The average Bonchev–Trinajstić information content (AvgIpc) is 3.01. The van der Waals surface area contributed by atoms with Crippen molar-refractivity contribution in [2.45, 2.75) is 12.6 Å². The Morgan fingerprint density at radius 3 is 2.46 bits per heavy atom. The van der Waals surface area contributed by atoms with Gasteiger partial charge in [-0.3, -0.25) is 0 Å². The molecule has 5 heteroatoms. The highest BCUT2D eigenvalue weighted by Crippen LogP contribution is 2.36. The molecule has 0 fully saturated rings. The van der Waals surface area contributed by atoms with Crippen molar-refractivity contribution < 1.29 is 24.3 Å². The molecule has 1 atom stereocenters. The maximum absolute atomic E-state index is 10.8. The summed E-state index contributed by atoms with van der Waals surface area (Å²) in [5, 5.41) is 21.8. The fraction of sp³-hybridized carbons (Fsp3) is 0.263. The molecule has 126 valence electrons. The Morgan fingerprint density at radius 2 is 1.83 bits per heavy atom. The smallest absolute Gasteiger partial charge is 0.135 e. The van der Waals surface area contributed by atoms with Crippen LogP contribution < -0.4 is 9.64 Å². The maximum Gasteiger partial charge on any atom is 0.135 e. The molecule has 0 radical (unpaired) electrons. The summed E-state index contributed by atoms with van der Waals surface area (Å²) in [6.07, 6.45) is 0.725. The van der Waals surface area contributed by atoms with Gasteiger partial charge in [0.15, 0.2) is 0 Å². The van der Waals surface area contributed by atoms with Crippen LogP contribution >= 0.6 is 0 Å². The average molecular weight is 328 g/mol. The van der Waals surface area contributed by atoms with Crippen LogP contribution in [0.4, 0.5) is 0 Å². The normalized spacial score (nSPS) is 12.7. The largest absolute Gasteiger partial charge is 0.507 e. The Hall–Kier alpha value is -2.50. The van der Waals surface area contributed by atoms with Crippen molar-refractivity contribution in [3.63, 3.8) is 0 Å². The fourth-order valence-corrected chi connectivity index (χ4v) is 2.92. The lowest BCUT2D eigenvalue weighted by Gasteiger charge is -2.14. The van der Waals surface area contributed by atoms with Crippen molar-refractivity contribution >= 4 is 11.0 Å². The molecule has 0 saturated heterocycles. The first-order valence-corrected chi connectivity index (χ1v) is 7.84. The van der Waals surface area contributed by atoms with E-state index in [1.807, 2.05) is 38.4 Å². The second-order valence-corrected chi connectivity index (χ2v) is 6.19. The Kier molecular flexibility index (Phi) is 4.46. The number of phenols is 1. The van der Waals surface area contributed by atoms with Crippen LogP contribution in [0, 0.1) is 0 Å². The van der Waals surface area contributed by atoms with Crippen molar-refractivity contribution in [3.05, 3.63) is 59.4 Å². The molecule has 0 saturated carbocycles. The van der Waals surface area contributed by atoms with Gasteiger partial charge in [0.25, 0.3) is 0 Å². The zero-order valence-corrected chi connectivity index (χ0v) is 14.0. The van der Waals surface area contributed by atoms with Gasteiger partial charge in [0.1, 0.15) is 29.7 Å². The predicted octanol–water partition coefficient (Wildman–Crippen LogP) is 1.87. The molecule has 0 aliphatic heterocycles. The number of aliphatic hydroxyl groups is 1. The number of rotatable bonds is 5. The van der Waals surface area contributed by atoms with Gasteiger partial charge in [0.05, 0.1) is 33.0 Å². The summed E-state index contributed by atoms with van der Waals surface area (Å²) in [5.74, 6) is 0.950. The molecular formula is C19H22NO4+. The Bertz CT molecular complexity index is 836. The molecule has 5 nitrogen and oxygen atoms in total. The highest BCUT2D eigenvalue weighted by Gasteiger charge is 2.22. The van der Waals surface area contributed by atoms with Gasteiger partial charge in [-0.25, -0.2) is 0 Å². The summed E-state index contributed by atoms with van der Waals surface area (Å²) in [4.78, 5) is 1.17. The highest BCUT2D eigenvalue weighted by atomic mass is 16.5. The van der Waals surface area contributed by atoms with Crippen LogP contribution in [-0.4, -0.2) is 31.4 Å². The van der Waals surface area contributed by atoms with E-state index < -0.39 is 6.10 Å². The molecule has 2 aromatic carbocycles. The van der Waals surface area contributed by atoms with Gasteiger partial charge in [0, 0.05) is 10.9 Å². The molecule has 3 N–H and O–H groups in total. The monoisotopic (exact) mass is 328 g/mol. The van der Waals surface area contributed by atoms with Crippen LogP contribution in [0.3, 0.4) is 0 Å². The fourth-order valence-electron chi connectivity index (χ4n) is 2.92. The summed E-state index contributed by atoms with van der Waals surface area (Å²) in [7, 11) is 5.63. The van der Waals surface area contributed by atoms with E-state index in [9.17, 15) is 10.2 Å². The number of quaternary nitrogens is 1. The third kappa shape index (κ3) is 2.96. The van der Waals surface area contributed by atoms with Crippen LogP contribution in [-0.2, 0) is 6.54 Å². The number of furan rings is 1. The molecule has 1 aromatic heterocycles. The topological polar surface area (TPSA) is 67.3 Å². The lowest BCUT2D eigenvalue weighted by Crippen LogP contribution is -3.04. The van der Waals surface area contributed by atoms with E-state index in [0.29, 0.717) is 17.7 Å². The Labute approximate surface area is 140 Å². The van der Waals surface area contributed by atoms with Gasteiger partial charge in [-0.05, 0) is 29.8 Å². The van der Waals surface area contributed by atoms with Gasteiger partial charge in [-0.2, -0.15) is 0 Å². The molecule has 1 heterocycles. The second-order valence-electron chi connectivity index (χ2n) is 6.19. The first kappa shape index (κ1) is 16.4. The van der Waals surface area contributed by atoms with E-state index in [4.69, 9.17) is 9.15 Å². The van der Waals surface area contributed by atoms with E-state index >= 15 is 0 Å². The number of aromatic hydroxyl groups is 1. The van der Waals surface area contributed by atoms with Crippen LogP contribution in [0.1, 0.15) is 22.8 Å². The molecule has 3 rings (SSSR count). The van der Waals surface area contributed by atoms with Gasteiger partial charge in [-0.15, -0.1) is 0 Å². The predicted molar refractivity (Wildman–Crippen MR) is 91.4 cm³/mol. The molecule has 0 bridgehead atoms. The van der Waals surface area contributed by atoms with Gasteiger partial charge in [-0.1, -0.05) is 12.1 Å². The number of ether oxygens (including phenoxy) is 1. The van der Waals surface area contributed by atoms with Crippen molar-refractivity contribution in [1.82, 2.24) is 0 Å². The number of phenolic OH excluding ortho intramolecular Hbond substituents is 1. The molecule has 3 aromatic rings. The molecule has 24 heavy (non-hydrogen) atoms. The summed E-state index contributed by atoms with van der Waals surface area (Å²) in [6.45, 7) is 0.630. The van der Waals surface area contributed by atoms with E-state index in [2.05, 4.69) is 0 Å². The van der Waals surface area contributed by atoms with Crippen LogP contribution in [0.15, 0.2) is 47.1 Å². The van der Waals surface area contributed by atoms with Gasteiger partial charge >= 0.3 is 0 Å². The van der Waals surface area contributed by atoms with E-state index in [1.54, 1.807) is 25.5 Å². The SMILES string of the molecule is COc1ccc([C@H](O)c2coc3ccc(O)c(C[NH+](C)C)c23)cc1. The van der Waals surface area contributed by atoms with Crippen molar-refractivity contribution in [3.8, 4) is 11.5 Å². The lowest BCUT2D eigenvalue weighted by atomic mass is 9.97. The van der Waals surface area contributed by atoms with Crippen LogP contribution in [0.2, 0.25) is 0 Å². The number of methoxy groups -OCH3 is 1. The maximum atomic E-state index is 10.8. The number of nitrogens with one attached hydrogen (secondary N) is 1. The van der Waals surface area contributed by atoms with Crippen LogP contribution in [0.25, 0.3) is 11.0 Å². The van der Waals surface area contributed by atoms with Crippen molar-refractivity contribution in [2.75, 3.05) is 21.2 Å². The molecule has 0 unspecified atom stereocenters. The van der Waals surface area contributed by atoms with Crippen LogP contribution in [0.5, 0.6) is 11.5 Å². The minimum absolute atomic E-state index is 0.216. The number of hydrogen-bond acceptors (Lipinski definition) is 4. The number of benzene rings is 2. The third-order valence-electron chi connectivity index (χ3n) is 4.11. The van der Waals surface area contributed by atoms with E-state index in [-0.39, 0.29) is 5.75 Å². The van der Waals surface area contributed by atoms with E-state index in [0.717, 1.165) is 22.3 Å². The van der Waals surface area contributed by atoms with Crippen molar-refractivity contribution in [1.29, 1.82) is 0 Å². The molecule has 0 aliphatic carbocycles. The molecular weight excluding hydrogens is 306 g/mol. The zero-order valence-electron chi connectivity index (χ0n) is 14.0. The van der Waals surface area contributed by atoms with Gasteiger partial charge < -0.3 is 24.3 Å². The molecule has 0 aliphatic rings. The van der Waals surface area contributed by atoms with Gasteiger partial charge in [0.2, 0.25) is 0 Å². The summed E-state index contributed by atoms with van der Waals surface area (Å²) < 4.78 is 10.8. The van der Waals surface area contributed by atoms with Crippen molar-refractivity contribution in [2.24, 2.45) is 0 Å². The number of fused-ring (bicyclic) bond motifs is 1. The minimum Gasteiger partial charge on any atom is -0.507 e. The minimum atomic E-state index is -0.838. The highest BCUT2D eigenvalue weighted by molar-refractivity contribution is 5.87. The summed E-state index contributed by atoms with van der Waals surface area (Å²) >= 11 is 0. The molecule has 0 amide bonds. The quantitative estimate of drug-likeness (QED) is 0.669. The third-order valence-corrected chi connectivity index (χ3v) is 4.11. The zero-order chi connectivity index (χ0) is 17.3. The first-order chi connectivity index (χ1) is 11.5. The summed E-state index contributed by atoms with van der Waals surface area (Å²) in [5.41, 5.74) is 2.84. The number of hydrogen-bond donors (Lipinski definition) is 3. The van der Waals surface area contributed by atoms with E-state index in [1.165, 1.54) is 4.90 Å².